The van der Waals surface area contributed by atoms with Gasteiger partial charge in [-0.3, -0.25) is 4.90 Å². The van der Waals surface area contributed by atoms with Crippen molar-refractivity contribution in [2.45, 2.75) is 13.1 Å². The first-order chi connectivity index (χ1) is 13.7. The second-order valence-corrected chi connectivity index (χ2v) is 6.09. The Morgan fingerprint density at radius 2 is 1.36 bits per heavy atom. The maximum Gasteiger partial charge on any atom is 0.417 e. The second-order valence-electron chi connectivity index (χ2n) is 6.09. The van der Waals surface area contributed by atoms with E-state index in [0.717, 1.165) is 22.6 Å². The lowest BCUT2D eigenvalue weighted by Crippen LogP contribution is -2.32. The Kier molecular flexibility index (Phi) is 6.46. The smallest absolute Gasteiger partial charge is 0.417 e. The highest BCUT2D eigenvalue weighted by molar-refractivity contribution is 5.70. The van der Waals surface area contributed by atoms with E-state index in [4.69, 9.17) is 14.2 Å². The fourth-order valence-corrected chi connectivity index (χ4v) is 2.65. The molecule has 144 valence electrons. The summed E-state index contributed by atoms with van der Waals surface area (Å²) in [6, 6.07) is 20.4. The molecule has 1 amide bonds. The molecule has 0 saturated heterocycles. The summed E-state index contributed by atoms with van der Waals surface area (Å²) in [7, 11) is 3.24. The lowest BCUT2D eigenvalue weighted by Gasteiger charge is -2.22. The molecule has 0 atom stereocenters. The number of hydrogen-bond acceptors (Lipinski definition) is 5. The third-order valence-corrected chi connectivity index (χ3v) is 4.15. The topological polar surface area (TPSA) is 60.9 Å². The molecule has 0 aliphatic rings. The van der Waals surface area contributed by atoms with Gasteiger partial charge >= 0.3 is 6.09 Å². The van der Waals surface area contributed by atoms with E-state index in [2.05, 4.69) is 4.98 Å². The molecule has 0 aliphatic heterocycles. The molecule has 2 aromatic carbocycles. The minimum atomic E-state index is -0.467. The predicted octanol–water partition coefficient (Wildman–Crippen LogP) is 4.30. The normalized spacial score (nSPS) is 10.2. The van der Waals surface area contributed by atoms with Gasteiger partial charge in [-0.15, -0.1) is 0 Å². The monoisotopic (exact) mass is 378 g/mol. The molecule has 3 rings (SSSR count). The first kappa shape index (κ1) is 19.2. The molecule has 0 saturated carbocycles. The van der Waals surface area contributed by atoms with Crippen LogP contribution in [0.1, 0.15) is 11.1 Å². The van der Waals surface area contributed by atoms with Crippen LogP contribution in [0.2, 0.25) is 0 Å². The van der Waals surface area contributed by atoms with Crippen molar-refractivity contribution in [3.05, 3.63) is 84.1 Å². The number of benzene rings is 2. The van der Waals surface area contributed by atoms with Crippen LogP contribution in [-0.2, 0) is 13.1 Å². The quantitative estimate of drug-likeness (QED) is 0.613. The third kappa shape index (κ3) is 5.23. The van der Waals surface area contributed by atoms with Crippen LogP contribution in [0.4, 0.5) is 4.79 Å². The molecule has 1 heterocycles. The number of nitrogens with zero attached hydrogens (tertiary/aromatic N) is 2. The van der Waals surface area contributed by atoms with Gasteiger partial charge in [0.15, 0.2) is 0 Å². The molecule has 0 bridgehead atoms. The summed E-state index contributed by atoms with van der Waals surface area (Å²) in [5, 5.41) is 0. The molecule has 0 aliphatic carbocycles. The summed E-state index contributed by atoms with van der Waals surface area (Å²) in [6.07, 6.45) is 1.12. The number of amides is 1. The van der Waals surface area contributed by atoms with Crippen molar-refractivity contribution in [3.8, 4) is 17.4 Å². The first-order valence-electron chi connectivity index (χ1n) is 8.81. The molecule has 0 radical (unpaired) electrons. The van der Waals surface area contributed by atoms with Gasteiger partial charge in [-0.1, -0.05) is 30.3 Å². The maximum atomic E-state index is 12.8. The van der Waals surface area contributed by atoms with Crippen LogP contribution in [-0.4, -0.2) is 30.2 Å². The van der Waals surface area contributed by atoms with E-state index in [9.17, 15) is 4.79 Å². The van der Waals surface area contributed by atoms with Crippen molar-refractivity contribution in [2.75, 3.05) is 14.2 Å². The third-order valence-electron chi connectivity index (χ3n) is 4.15. The van der Waals surface area contributed by atoms with Crippen LogP contribution in [0.3, 0.4) is 0 Å². The molecule has 28 heavy (non-hydrogen) atoms. The Morgan fingerprint density at radius 3 is 1.79 bits per heavy atom. The molecule has 6 heteroatoms. The van der Waals surface area contributed by atoms with E-state index in [1.165, 1.54) is 0 Å². The highest BCUT2D eigenvalue weighted by Crippen LogP contribution is 2.18. The molecule has 3 aromatic rings. The number of carbonyl (C=O) groups is 1. The Hall–Kier alpha value is -3.54. The van der Waals surface area contributed by atoms with Gasteiger partial charge in [-0.05, 0) is 41.5 Å². The highest BCUT2D eigenvalue weighted by Gasteiger charge is 2.18. The molecule has 1 aromatic heterocycles. The van der Waals surface area contributed by atoms with Crippen LogP contribution in [0.5, 0.6) is 17.4 Å². The largest absolute Gasteiger partial charge is 0.497 e. The van der Waals surface area contributed by atoms with Crippen LogP contribution < -0.4 is 14.2 Å². The van der Waals surface area contributed by atoms with Gasteiger partial charge < -0.3 is 14.2 Å². The van der Waals surface area contributed by atoms with Gasteiger partial charge in [0.2, 0.25) is 5.88 Å². The number of ether oxygens (including phenoxy) is 3. The first-order valence-corrected chi connectivity index (χ1v) is 8.81. The molecule has 6 nitrogen and oxygen atoms in total. The van der Waals surface area contributed by atoms with Crippen molar-refractivity contribution >= 4 is 6.09 Å². The van der Waals surface area contributed by atoms with Gasteiger partial charge in [-0.25, -0.2) is 9.78 Å². The lowest BCUT2D eigenvalue weighted by atomic mass is 10.1. The summed E-state index contributed by atoms with van der Waals surface area (Å²) < 4.78 is 15.8. The molecular weight excluding hydrogens is 356 g/mol. The summed E-state index contributed by atoms with van der Waals surface area (Å²) in [6.45, 7) is 0.781. The zero-order valence-electron chi connectivity index (χ0n) is 15.9. The number of hydrogen-bond donors (Lipinski definition) is 0. The fraction of sp³-hybridized carbons (Fsp3) is 0.182. The minimum Gasteiger partial charge on any atom is -0.497 e. The zero-order valence-corrected chi connectivity index (χ0v) is 15.9. The predicted molar refractivity (Wildman–Crippen MR) is 105 cm³/mol. The highest BCUT2D eigenvalue weighted by atomic mass is 16.6. The summed E-state index contributed by atoms with van der Waals surface area (Å²) in [4.78, 5) is 18.5. The average Bonchev–Trinajstić information content (AvgIpc) is 2.75. The summed E-state index contributed by atoms with van der Waals surface area (Å²) >= 11 is 0. The van der Waals surface area contributed by atoms with Crippen molar-refractivity contribution in [3.63, 3.8) is 0 Å². The van der Waals surface area contributed by atoms with Crippen LogP contribution in [0.15, 0.2) is 72.9 Å². The Balaban J connectivity index is 1.77. The summed E-state index contributed by atoms with van der Waals surface area (Å²) in [5.74, 6) is 1.80. The van der Waals surface area contributed by atoms with Crippen LogP contribution in [0, 0.1) is 0 Å². The average molecular weight is 378 g/mol. The molecule has 0 fully saturated rings. The SMILES string of the molecule is COc1ccc(CN(Cc2ccc(OC)cc2)C(=O)Oc2ccccn2)cc1. The fourth-order valence-electron chi connectivity index (χ4n) is 2.65. The van der Waals surface area contributed by atoms with E-state index >= 15 is 0 Å². The molecule has 0 unspecified atom stereocenters. The number of rotatable bonds is 7. The van der Waals surface area contributed by atoms with E-state index in [-0.39, 0.29) is 5.88 Å². The van der Waals surface area contributed by atoms with Gasteiger partial charge in [-0.2, -0.15) is 0 Å². The number of aromatic nitrogens is 1. The molecule has 0 spiro atoms. The van der Waals surface area contributed by atoms with Crippen molar-refractivity contribution in [2.24, 2.45) is 0 Å². The van der Waals surface area contributed by atoms with Crippen molar-refractivity contribution < 1.29 is 19.0 Å². The second kappa shape index (κ2) is 9.41. The van der Waals surface area contributed by atoms with Crippen LogP contribution >= 0.6 is 0 Å². The maximum absolute atomic E-state index is 12.8. The standard InChI is InChI=1S/C22H22N2O4/c1-26-19-10-6-17(7-11-19)15-24(16-18-8-12-20(27-2)13-9-18)22(25)28-21-5-3-4-14-23-21/h3-14H,15-16H2,1-2H3. The lowest BCUT2D eigenvalue weighted by molar-refractivity contribution is 0.144. The minimum absolute atomic E-state index is 0.266. The van der Waals surface area contributed by atoms with E-state index in [1.54, 1.807) is 43.5 Å². The van der Waals surface area contributed by atoms with Gasteiger partial charge in [0.05, 0.1) is 14.2 Å². The Bertz CT molecular complexity index is 831. The Labute approximate surface area is 164 Å². The Morgan fingerprint density at radius 1 is 0.821 bits per heavy atom. The van der Waals surface area contributed by atoms with Gasteiger partial charge in [0.25, 0.3) is 0 Å². The van der Waals surface area contributed by atoms with E-state index < -0.39 is 6.09 Å². The molecule has 0 N–H and O–H groups in total. The van der Waals surface area contributed by atoms with Crippen LogP contribution in [0.25, 0.3) is 0 Å². The number of methoxy groups -OCH3 is 2. The number of pyridine rings is 1. The van der Waals surface area contributed by atoms with Crippen molar-refractivity contribution in [1.82, 2.24) is 9.88 Å². The zero-order chi connectivity index (χ0) is 19.8. The number of carbonyl (C=O) groups excluding carboxylic acids is 1. The molecular formula is C22H22N2O4. The van der Waals surface area contributed by atoms with E-state index in [0.29, 0.717) is 13.1 Å². The van der Waals surface area contributed by atoms with Crippen molar-refractivity contribution in [1.29, 1.82) is 0 Å². The summed E-state index contributed by atoms with van der Waals surface area (Å²) in [5.41, 5.74) is 1.93. The van der Waals surface area contributed by atoms with Gasteiger partial charge in [0, 0.05) is 25.4 Å². The van der Waals surface area contributed by atoms with Gasteiger partial charge in [0.1, 0.15) is 11.5 Å². The van der Waals surface area contributed by atoms with E-state index in [1.807, 2.05) is 48.5 Å².